The molecule has 1 aliphatic rings. The number of rotatable bonds is 1. The third-order valence-electron chi connectivity index (χ3n) is 3.43. The number of fused-ring (bicyclic) bond motifs is 1. The van der Waals surface area contributed by atoms with Gasteiger partial charge in [0.2, 0.25) is 0 Å². The van der Waals surface area contributed by atoms with Crippen LogP contribution in [-0.2, 0) is 13.0 Å². The minimum atomic E-state index is 0.613. The van der Waals surface area contributed by atoms with Crippen molar-refractivity contribution in [2.24, 2.45) is 0 Å². The molecule has 0 saturated heterocycles. The number of hydrogen-bond donors (Lipinski definition) is 1. The molecular weight excluding hydrogens is 351 g/mol. The lowest BCUT2D eigenvalue weighted by atomic mass is 10.1. The first-order valence-corrected chi connectivity index (χ1v) is 7.40. The Morgan fingerprint density at radius 1 is 1.26 bits per heavy atom. The zero-order valence-electron chi connectivity index (χ0n) is 10.5. The third-order valence-corrected chi connectivity index (χ3v) is 4.10. The van der Waals surface area contributed by atoms with Crippen molar-refractivity contribution in [1.82, 2.24) is 9.97 Å². The molecule has 0 saturated carbocycles. The van der Waals surface area contributed by atoms with Gasteiger partial charge in [-0.1, -0.05) is 6.07 Å². The van der Waals surface area contributed by atoms with Crippen molar-refractivity contribution in [2.45, 2.75) is 19.4 Å². The predicted molar refractivity (Wildman–Crippen MR) is 85.0 cm³/mol. The smallest absolute Gasteiger partial charge is 0.132 e. The van der Waals surface area contributed by atoms with Crippen molar-refractivity contribution in [3.05, 3.63) is 45.4 Å². The fraction of sp³-hybridized carbons (Fsp3) is 0.286. The Morgan fingerprint density at radius 3 is 3.00 bits per heavy atom. The van der Waals surface area contributed by atoms with Crippen molar-refractivity contribution < 1.29 is 0 Å². The van der Waals surface area contributed by atoms with Gasteiger partial charge in [0.15, 0.2) is 0 Å². The molecule has 1 aliphatic heterocycles. The molecule has 0 atom stereocenters. The summed E-state index contributed by atoms with van der Waals surface area (Å²) in [6, 6.07) is 8.54. The highest BCUT2D eigenvalue weighted by Gasteiger charge is 2.18. The summed E-state index contributed by atoms with van der Waals surface area (Å²) >= 11 is 2.34. The van der Waals surface area contributed by atoms with Crippen LogP contribution in [0.3, 0.4) is 0 Å². The average molecular weight is 366 g/mol. The van der Waals surface area contributed by atoms with E-state index in [1.54, 1.807) is 6.33 Å². The van der Waals surface area contributed by atoms with Gasteiger partial charge >= 0.3 is 0 Å². The highest BCUT2D eigenvalue weighted by molar-refractivity contribution is 14.1. The average Bonchev–Trinajstić information content (AvgIpc) is 2.62. The Kier molecular flexibility index (Phi) is 3.54. The van der Waals surface area contributed by atoms with Gasteiger partial charge < -0.3 is 10.6 Å². The van der Waals surface area contributed by atoms with Crippen LogP contribution < -0.4 is 10.6 Å². The maximum atomic E-state index is 6.00. The molecular formula is C14H15IN4. The summed E-state index contributed by atoms with van der Waals surface area (Å²) in [4.78, 5) is 10.8. The number of nitrogens with zero attached hydrogens (tertiary/aromatic N) is 3. The molecule has 0 bridgehead atoms. The zero-order chi connectivity index (χ0) is 13.2. The molecule has 3 rings (SSSR count). The molecule has 5 heteroatoms. The number of hydrogen-bond acceptors (Lipinski definition) is 4. The van der Waals surface area contributed by atoms with E-state index < -0.39 is 0 Å². The van der Waals surface area contributed by atoms with Crippen LogP contribution in [-0.4, -0.2) is 16.5 Å². The molecule has 2 heterocycles. The first kappa shape index (κ1) is 12.7. The van der Waals surface area contributed by atoms with Crippen LogP contribution >= 0.6 is 22.6 Å². The highest BCUT2D eigenvalue weighted by Crippen LogP contribution is 2.26. The van der Waals surface area contributed by atoms with E-state index in [-0.39, 0.29) is 0 Å². The molecule has 0 aliphatic carbocycles. The molecule has 2 N–H and O–H groups in total. The summed E-state index contributed by atoms with van der Waals surface area (Å²) in [5.41, 5.74) is 9.42. The van der Waals surface area contributed by atoms with Crippen LogP contribution in [0.5, 0.6) is 0 Å². The second-order valence-corrected chi connectivity index (χ2v) is 5.93. The Bertz CT molecular complexity index is 600. The maximum Gasteiger partial charge on any atom is 0.132 e. The standard InChI is InChI=1S/C14H15IN4/c15-10-3-1-4-11(7-10)19-6-2-5-13-12(8-19)14(16)18-9-17-13/h1,3-4,7,9H,2,5-6,8H2,(H2,16,17,18). The van der Waals surface area contributed by atoms with Crippen LogP contribution in [0.2, 0.25) is 0 Å². The Hall–Kier alpha value is -1.37. The molecule has 2 aromatic rings. The lowest BCUT2D eigenvalue weighted by Gasteiger charge is -2.23. The van der Waals surface area contributed by atoms with Crippen LogP contribution in [0, 0.1) is 3.57 Å². The van der Waals surface area contributed by atoms with Gasteiger partial charge in [0.25, 0.3) is 0 Å². The Labute approximate surface area is 126 Å². The van der Waals surface area contributed by atoms with E-state index in [1.807, 2.05) is 0 Å². The first-order valence-electron chi connectivity index (χ1n) is 6.33. The Balaban J connectivity index is 1.96. The molecule has 98 valence electrons. The molecule has 0 unspecified atom stereocenters. The van der Waals surface area contributed by atoms with Crippen molar-refractivity contribution in [3.8, 4) is 0 Å². The molecule has 0 amide bonds. The van der Waals surface area contributed by atoms with E-state index in [2.05, 4.69) is 61.7 Å². The summed E-state index contributed by atoms with van der Waals surface area (Å²) in [5.74, 6) is 0.613. The second-order valence-electron chi connectivity index (χ2n) is 4.69. The lowest BCUT2D eigenvalue weighted by molar-refractivity contribution is 0.763. The molecule has 1 aromatic carbocycles. The van der Waals surface area contributed by atoms with Crippen LogP contribution in [0.4, 0.5) is 11.5 Å². The van der Waals surface area contributed by atoms with Gasteiger partial charge in [-0.05, 0) is 53.6 Å². The van der Waals surface area contributed by atoms with E-state index in [9.17, 15) is 0 Å². The van der Waals surface area contributed by atoms with Crippen LogP contribution in [0.15, 0.2) is 30.6 Å². The molecule has 0 spiro atoms. The van der Waals surface area contributed by atoms with Crippen molar-refractivity contribution in [1.29, 1.82) is 0 Å². The normalized spacial score (nSPS) is 14.9. The SMILES string of the molecule is Nc1ncnc2c1CN(c1cccc(I)c1)CCC2. The summed E-state index contributed by atoms with van der Waals surface area (Å²) < 4.78 is 1.25. The number of aryl methyl sites for hydroxylation is 1. The second kappa shape index (κ2) is 5.32. The quantitative estimate of drug-likeness (QED) is 0.789. The lowest BCUT2D eigenvalue weighted by Crippen LogP contribution is -2.23. The van der Waals surface area contributed by atoms with E-state index in [4.69, 9.17) is 5.73 Å². The topological polar surface area (TPSA) is 55.0 Å². The van der Waals surface area contributed by atoms with Crippen LogP contribution in [0.1, 0.15) is 17.7 Å². The van der Waals surface area contributed by atoms with Gasteiger partial charge in [0, 0.05) is 27.9 Å². The molecule has 0 fully saturated rings. The summed E-state index contributed by atoms with van der Waals surface area (Å²) in [5, 5.41) is 0. The van der Waals surface area contributed by atoms with Gasteiger partial charge in [-0.25, -0.2) is 9.97 Å². The minimum absolute atomic E-state index is 0.613. The van der Waals surface area contributed by atoms with Gasteiger partial charge in [-0.15, -0.1) is 0 Å². The van der Waals surface area contributed by atoms with E-state index in [0.717, 1.165) is 37.2 Å². The third kappa shape index (κ3) is 2.65. The first-order chi connectivity index (χ1) is 9.24. The maximum absolute atomic E-state index is 6.00. The fourth-order valence-electron chi connectivity index (χ4n) is 2.45. The van der Waals surface area contributed by atoms with Crippen molar-refractivity contribution >= 4 is 34.1 Å². The number of benzene rings is 1. The number of aromatic nitrogens is 2. The fourth-order valence-corrected chi connectivity index (χ4v) is 2.98. The zero-order valence-corrected chi connectivity index (χ0v) is 12.7. The number of anilines is 2. The van der Waals surface area contributed by atoms with Gasteiger partial charge in [0.1, 0.15) is 12.1 Å². The van der Waals surface area contributed by atoms with Gasteiger partial charge in [-0.3, -0.25) is 0 Å². The van der Waals surface area contributed by atoms with E-state index in [0.29, 0.717) is 5.82 Å². The predicted octanol–water partition coefficient (Wildman–Crippen LogP) is 2.62. The summed E-state index contributed by atoms with van der Waals surface area (Å²) in [6.45, 7) is 1.82. The van der Waals surface area contributed by atoms with E-state index >= 15 is 0 Å². The molecule has 0 radical (unpaired) electrons. The summed E-state index contributed by atoms with van der Waals surface area (Å²) in [7, 11) is 0. The molecule has 4 nitrogen and oxygen atoms in total. The summed E-state index contributed by atoms with van der Waals surface area (Å²) in [6.07, 6.45) is 3.63. The molecule has 1 aromatic heterocycles. The van der Waals surface area contributed by atoms with E-state index in [1.165, 1.54) is 9.26 Å². The largest absolute Gasteiger partial charge is 0.383 e. The number of nitrogens with two attached hydrogens (primary N) is 1. The number of nitrogen functional groups attached to an aromatic ring is 1. The van der Waals surface area contributed by atoms with Crippen molar-refractivity contribution in [2.75, 3.05) is 17.2 Å². The highest BCUT2D eigenvalue weighted by atomic mass is 127. The molecule has 19 heavy (non-hydrogen) atoms. The van der Waals surface area contributed by atoms with Crippen molar-refractivity contribution in [3.63, 3.8) is 0 Å². The van der Waals surface area contributed by atoms with Gasteiger partial charge in [0.05, 0.1) is 5.69 Å². The van der Waals surface area contributed by atoms with Crippen LogP contribution in [0.25, 0.3) is 0 Å². The Morgan fingerprint density at radius 2 is 2.16 bits per heavy atom. The minimum Gasteiger partial charge on any atom is -0.383 e. The monoisotopic (exact) mass is 366 g/mol. The van der Waals surface area contributed by atoms with Gasteiger partial charge in [-0.2, -0.15) is 0 Å². The number of halogens is 1.